The Bertz CT molecular complexity index is 248. The molecular weight excluding hydrogens is 132 g/mol. The van der Waals surface area contributed by atoms with Crippen LogP contribution in [0.4, 0.5) is 0 Å². The van der Waals surface area contributed by atoms with Crippen LogP contribution >= 0.6 is 0 Å². The van der Waals surface area contributed by atoms with Gasteiger partial charge in [0.2, 0.25) is 0 Å². The third-order valence-electron chi connectivity index (χ3n) is 3.31. The molecule has 1 unspecified atom stereocenters. The second kappa shape index (κ2) is 2.00. The number of rotatable bonds is 0. The van der Waals surface area contributed by atoms with E-state index in [4.69, 9.17) is 0 Å². The van der Waals surface area contributed by atoms with Crippen LogP contribution in [0.3, 0.4) is 0 Å². The molecular formula is C11H15. The van der Waals surface area contributed by atoms with Crippen molar-refractivity contribution in [1.82, 2.24) is 0 Å². The summed E-state index contributed by atoms with van der Waals surface area (Å²) in [5.74, 6) is 2.48. The van der Waals surface area contributed by atoms with Gasteiger partial charge in [-0.05, 0) is 44.3 Å². The van der Waals surface area contributed by atoms with Crippen molar-refractivity contribution in [1.29, 1.82) is 0 Å². The maximum Gasteiger partial charge on any atom is 0.0292 e. The van der Waals surface area contributed by atoms with E-state index in [1.165, 1.54) is 12.0 Å². The van der Waals surface area contributed by atoms with Crippen LogP contribution < -0.4 is 0 Å². The van der Waals surface area contributed by atoms with Crippen molar-refractivity contribution in [3.05, 3.63) is 28.2 Å². The van der Waals surface area contributed by atoms with Crippen LogP contribution in [0.25, 0.3) is 0 Å². The lowest BCUT2D eigenvalue weighted by atomic mass is 9.69. The Morgan fingerprint density at radius 3 is 2.00 bits per heavy atom. The maximum atomic E-state index is 2.33. The van der Waals surface area contributed by atoms with E-state index in [9.17, 15) is 0 Å². The summed E-state index contributed by atoms with van der Waals surface area (Å²) in [6.07, 6.45) is 1.32. The van der Waals surface area contributed by atoms with Crippen molar-refractivity contribution in [3.8, 4) is 0 Å². The second-order valence-corrected chi connectivity index (χ2v) is 3.87. The molecule has 0 nitrogen and oxygen atoms in total. The monoisotopic (exact) mass is 147 g/mol. The highest BCUT2D eigenvalue weighted by molar-refractivity contribution is 5.63. The Morgan fingerprint density at radius 1 is 1.00 bits per heavy atom. The molecule has 1 saturated carbocycles. The van der Waals surface area contributed by atoms with Crippen molar-refractivity contribution in [2.45, 2.75) is 34.1 Å². The van der Waals surface area contributed by atoms with Gasteiger partial charge in [-0.2, -0.15) is 0 Å². The topological polar surface area (TPSA) is 0 Å². The molecule has 59 valence electrons. The Balaban J connectivity index is 2.42. The third kappa shape index (κ3) is 0.702. The van der Waals surface area contributed by atoms with Crippen molar-refractivity contribution in [2.24, 2.45) is 5.92 Å². The molecule has 0 heterocycles. The van der Waals surface area contributed by atoms with Crippen LogP contribution in [0, 0.1) is 11.8 Å². The van der Waals surface area contributed by atoms with Crippen LogP contribution in [0.2, 0.25) is 0 Å². The highest BCUT2D eigenvalue weighted by Crippen LogP contribution is 2.54. The lowest BCUT2D eigenvalue weighted by molar-refractivity contribution is 0.522. The zero-order valence-electron chi connectivity index (χ0n) is 7.78. The number of fused-ring (bicyclic) bond motifs is 1. The van der Waals surface area contributed by atoms with Gasteiger partial charge in [-0.1, -0.05) is 18.1 Å². The molecule has 0 aromatic heterocycles. The molecule has 0 spiro atoms. The summed E-state index contributed by atoms with van der Waals surface area (Å²) in [6.45, 7) is 9.09. The largest absolute Gasteiger partial charge is 0.0610 e. The van der Waals surface area contributed by atoms with Gasteiger partial charge in [0.1, 0.15) is 0 Å². The molecule has 0 saturated heterocycles. The Morgan fingerprint density at radius 2 is 1.64 bits per heavy atom. The Hall–Kier alpha value is -0.520. The molecule has 2 aliphatic rings. The highest BCUT2D eigenvalue weighted by atomic mass is 14.4. The van der Waals surface area contributed by atoms with Gasteiger partial charge in [-0.3, -0.25) is 0 Å². The summed E-state index contributed by atoms with van der Waals surface area (Å²) in [7, 11) is 0. The number of hydrogen-bond donors (Lipinski definition) is 0. The molecule has 11 heavy (non-hydrogen) atoms. The molecule has 0 heteroatoms. The quantitative estimate of drug-likeness (QED) is 0.493. The minimum Gasteiger partial charge on any atom is -0.0610 e. The molecule has 1 fully saturated rings. The molecule has 0 aliphatic heterocycles. The van der Waals surface area contributed by atoms with E-state index in [1.807, 2.05) is 0 Å². The Kier molecular flexibility index (Phi) is 1.30. The predicted molar refractivity (Wildman–Crippen MR) is 48.1 cm³/mol. The molecule has 0 aromatic rings. The SMILES string of the molecule is CC1=C(C)C(C)=C2CC(C)[C]12. The third-order valence-corrected chi connectivity index (χ3v) is 3.31. The smallest absolute Gasteiger partial charge is 0.0292 e. The zero-order valence-corrected chi connectivity index (χ0v) is 7.78. The van der Waals surface area contributed by atoms with Gasteiger partial charge in [0.25, 0.3) is 0 Å². The van der Waals surface area contributed by atoms with E-state index in [-0.39, 0.29) is 0 Å². The summed E-state index contributed by atoms with van der Waals surface area (Å²) in [5.41, 5.74) is 6.28. The minimum absolute atomic E-state index is 0.831. The molecule has 2 rings (SSSR count). The van der Waals surface area contributed by atoms with E-state index < -0.39 is 0 Å². The summed E-state index contributed by atoms with van der Waals surface area (Å²) >= 11 is 0. The first kappa shape index (κ1) is 7.15. The maximum absolute atomic E-state index is 2.33. The zero-order chi connectivity index (χ0) is 8.17. The van der Waals surface area contributed by atoms with E-state index in [1.54, 1.807) is 22.6 Å². The lowest BCUT2D eigenvalue weighted by Gasteiger charge is -2.35. The molecule has 1 radical (unpaired) electrons. The molecule has 2 aliphatic carbocycles. The number of allylic oxidation sites excluding steroid dienone is 4. The van der Waals surface area contributed by atoms with Crippen LogP contribution in [-0.2, 0) is 0 Å². The van der Waals surface area contributed by atoms with Crippen LogP contribution in [0.1, 0.15) is 34.1 Å². The second-order valence-electron chi connectivity index (χ2n) is 3.87. The fourth-order valence-corrected chi connectivity index (χ4v) is 2.35. The van der Waals surface area contributed by atoms with Crippen LogP contribution in [-0.4, -0.2) is 0 Å². The average Bonchev–Trinajstić information content (AvgIpc) is 2.10. The number of hydrogen-bond acceptors (Lipinski definition) is 0. The first-order valence-corrected chi connectivity index (χ1v) is 4.38. The van der Waals surface area contributed by atoms with E-state index in [0.29, 0.717) is 0 Å². The first-order valence-electron chi connectivity index (χ1n) is 4.38. The average molecular weight is 147 g/mol. The summed E-state index contributed by atoms with van der Waals surface area (Å²) in [6, 6.07) is 0. The van der Waals surface area contributed by atoms with Crippen molar-refractivity contribution < 1.29 is 0 Å². The summed E-state index contributed by atoms with van der Waals surface area (Å²) in [5, 5.41) is 0. The molecule has 0 bridgehead atoms. The molecule has 0 aromatic carbocycles. The van der Waals surface area contributed by atoms with Gasteiger partial charge in [0.05, 0.1) is 0 Å². The van der Waals surface area contributed by atoms with Crippen molar-refractivity contribution >= 4 is 0 Å². The van der Waals surface area contributed by atoms with Gasteiger partial charge in [0.15, 0.2) is 0 Å². The van der Waals surface area contributed by atoms with Gasteiger partial charge in [-0.15, -0.1) is 0 Å². The van der Waals surface area contributed by atoms with Crippen LogP contribution in [0.5, 0.6) is 0 Å². The summed E-state index contributed by atoms with van der Waals surface area (Å²) in [4.78, 5) is 0. The molecule has 1 atom stereocenters. The molecule has 0 amide bonds. The van der Waals surface area contributed by atoms with E-state index in [2.05, 4.69) is 27.7 Å². The van der Waals surface area contributed by atoms with Crippen molar-refractivity contribution in [3.63, 3.8) is 0 Å². The van der Waals surface area contributed by atoms with Gasteiger partial charge in [0, 0.05) is 5.92 Å². The van der Waals surface area contributed by atoms with E-state index >= 15 is 0 Å². The Labute approximate surface area is 69.0 Å². The van der Waals surface area contributed by atoms with Gasteiger partial charge < -0.3 is 0 Å². The minimum atomic E-state index is 0.831. The normalized spacial score (nSPS) is 31.1. The fourth-order valence-electron chi connectivity index (χ4n) is 2.35. The van der Waals surface area contributed by atoms with Gasteiger partial charge in [-0.25, -0.2) is 0 Å². The van der Waals surface area contributed by atoms with Crippen LogP contribution in [0.15, 0.2) is 22.3 Å². The first-order chi connectivity index (χ1) is 5.13. The fraction of sp³-hybridized carbons (Fsp3) is 0.545. The lowest BCUT2D eigenvalue weighted by Crippen LogP contribution is -2.23. The van der Waals surface area contributed by atoms with Gasteiger partial charge >= 0.3 is 0 Å². The predicted octanol–water partition coefficient (Wildman–Crippen LogP) is 3.27. The van der Waals surface area contributed by atoms with Crippen molar-refractivity contribution in [2.75, 3.05) is 0 Å². The summed E-state index contributed by atoms with van der Waals surface area (Å²) < 4.78 is 0. The highest BCUT2D eigenvalue weighted by Gasteiger charge is 2.40. The molecule has 0 N–H and O–H groups in total. The van der Waals surface area contributed by atoms with E-state index in [0.717, 1.165) is 5.92 Å². The standard InChI is InChI=1S/C11H15/c1-6-5-10-8(3)7(2)9(4)11(6)10/h6H,5H2,1-4H3.